The first kappa shape index (κ1) is 19.7. The minimum atomic E-state index is -0.179. The van der Waals surface area contributed by atoms with Crippen LogP contribution in [0.3, 0.4) is 0 Å². The molecule has 2 aromatic carbocycles. The zero-order chi connectivity index (χ0) is 21.0. The molecule has 0 saturated carbocycles. The molecule has 0 bridgehead atoms. The second-order valence-electron chi connectivity index (χ2n) is 7.48. The summed E-state index contributed by atoms with van der Waals surface area (Å²) in [7, 11) is 0. The Labute approximate surface area is 184 Å². The molecule has 3 heterocycles. The van der Waals surface area contributed by atoms with Gasteiger partial charge < -0.3 is 10.1 Å². The number of anilines is 1. The highest BCUT2D eigenvalue weighted by Crippen LogP contribution is 2.30. The van der Waals surface area contributed by atoms with Crippen molar-refractivity contribution in [2.45, 2.75) is 18.9 Å². The van der Waals surface area contributed by atoms with Crippen molar-refractivity contribution >= 4 is 32.6 Å². The van der Waals surface area contributed by atoms with Crippen molar-refractivity contribution in [1.29, 1.82) is 0 Å². The van der Waals surface area contributed by atoms with Crippen molar-refractivity contribution in [1.82, 2.24) is 15.3 Å². The van der Waals surface area contributed by atoms with E-state index < -0.39 is 0 Å². The van der Waals surface area contributed by atoms with Crippen LogP contribution in [-0.2, 0) is 0 Å². The van der Waals surface area contributed by atoms with Crippen molar-refractivity contribution < 1.29 is 9.53 Å². The molecule has 0 aliphatic carbocycles. The first-order valence-corrected chi connectivity index (χ1v) is 11.2. The zero-order valence-electron chi connectivity index (χ0n) is 16.9. The summed E-state index contributed by atoms with van der Waals surface area (Å²) < 4.78 is 7.03. The summed E-state index contributed by atoms with van der Waals surface area (Å²) in [6, 6.07) is 17.3. The molecule has 6 nitrogen and oxygen atoms in total. The molecular weight excluding hydrogens is 408 g/mol. The van der Waals surface area contributed by atoms with Gasteiger partial charge in [0, 0.05) is 18.0 Å². The monoisotopic (exact) mass is 430 g/mol. The van der Waals surface area contributed by atoms with Gasteiger partial charge in [-0.2, -0.15) is 0 Å². The predicted octanol–water partition coefficient (Wildman–Crippen LogP) is 4.74. The average Bonchev–Trinajstić information content (AvgIpc) is 3.22. The zero-order valence-corrected chi connectivity index (χ0v) is 17.7. The van der Waals surface area contributed by atoms with Gasteiger partial charge in [0.15, 0.2) is 5.13 Å². The van der Waals surface area contributed by atoms with Crippen LogP contribution >= 0.6 is 11.3 Å². The van der Waals surface area contributed by atoms with E-state index in [4.69, 9.17) is 4.74 Å². The number of hydrogen-bond donors (Lipinski definition) is 2. The number of piperidine rings is 1. The van der Waals surface area contributed by atoms with Crippen LogP contribution in [0, 0.1) is 0 Å². The van der Waals surface area contributed by atoms with Crippen LogP contribution in [0.2, 0.25) is 0 Å². The summed E-state index contributed by atoms with van der Waals surface area (Å²) in [6.45, 7) is 1.97. The summed E-state index contributed by atoms with van der Waals surface area (Å²) in [6.07, 6.45) is 5.80. The smallest absolute Gasteiger partial charge is 0.257 e. The maximum absolute atomic E-state index is 12.7. The lowest BCUT2D eigenvalue weighted by atomic mass is 10.1. The number of hydrogen-bond acceptors (Lipinski definition) is 6. The van der Waals surface area contributed by atoms with Crippen LogP contribution in [0.5, 0.6) is 5.75 Å². The van der Waals surface area contributed by atoms with Gasteiger partial charge in [0.2, 0.25) is 0 Å². The van der Waals surface area contributed by atoms with E-state index in [0.717, 1.165) is 53.0 Å². The molecule has 156 valence electrons. The van der Waals surface area contributed by atoms with Gasteiger partial charge in [-0.1, -0.05) is 17.4 Å². The Kier molecular flexibility index (Phi) is 5.60. The van der Waals surface area contributed by atoms with Crippen LogP contribution in [0.4, 0.5) is 5.13 Å². The van der Waals surface area contributed by atoms with E-state index in [0.29, 0.717) is 10.7 Å². The molecule has 1 fully saturated rings. The molecule has 0 spiro atoms. The number of thiazole rings is 1. The summed E-state index contributed by atoms with van der Waals surface area (Å²) in [5.74, 6) is 0.619. The fourth-order valence-electron chi connectivity index (χ4n) is 3.66. The number of nitrogens with zero attached hydrogens (tertiary/aromatic N) is 2. The Hall–Kier alpha value is -3.29. The fourth-order valence-corrected chi connectivity index (χ4v) is 4.56. The largest absolute Gasteiger partial charge is 0.490 e. The van der Waals surface area contributed by atoms with Crippen molar-refractivity contribution in [3.63, 3.8) is 0 Å². The molecule has 31 heavy (non-hydrogen) atoms. The summed E-state index contributed by atoms with van der Waals surface area (Å²) in [5, 5.41) is 6.83. The van der Waals surface area contributed by atoms with Gasteiger partial charge in [0.05, 0.1) is 10.2 Å². The summed E-state index contributed by atoms with van der Waals surface area (Å²) in [5.41, 5.74) is 3.64. The second kappa shape index (κ2) is 8.83. The molecule has 5 rings (SSSR count). The first-order valence-electron chi connectivity index (χ1n) is 10.3. The third kappa shape index (κ3) is 4.57. The number of carbonyl (C=O) groups excluding carboxylic acids is 1. The van der Waals surface area contributed by atoms with Crippen LogP contribution < -0.4 is 15.4 Å². The van der Waals surface area contributed by atoms with Gasteiger partial charge in [-0.25, -0.2) is 4.98 Å². The Bertz CT molecular complexity index is 1190. The fraction of sp³-hybridized carbons (Fsp3) is 0.208. The van der Waals surface area contributed by atoms with Gasteiger partial charge in [0.1, 0.15) is 11.9 Å². The molecule has 1 aliphatic heterocycles. The minimum absolute atomic E-state index is 0.179. The lowest BCUT2D eigenvalue weighted by molar-refractivity contribution is 0.102. The van der Waals surface area contributed by atoms with E-state index >= 15 is 0 Å². The highest BCUT2D eigenvalue weighted by atomic mass is 32.1. The molecule has 2 aromatic heterocycles. The number of ether oxygens (including phenoxy) is 1. The Morgan fingerprint density at radius 1 is 1.00 bits per heavy atom. The number of nitrogens with one attached hydrogen (secondary N) is 2. The maximum Gasteiger partial charge on any atom is 0.257 e. The van der Waals surface area contributed by atoms with Crippen LogP contribution in [-0.4, -0.2) is 35.1 Å². The van der Waals surface area contributed by atoms with Gasteiger partial charge in [-0.15, -0.1) is 0 Å². The van der Waals surface area contributed by atoms with E-state index in [9.17, 15) is 4.79 Å². The van der Waals surface area contributed by atoms with Gasteiger partial charge in [-0.3, -0.25) is 15.1 Å². The number of aromatic nitrogens is 2. The molecular formula is C24H22N4O2S. The number of carbonyl (C=O) groups is 1. The van der Waals surface area contributed by atoms with E-state index in [1.165, 1.54) is 11.3 Å². The van der Waals surface area contributed by atoms with Crippen LogP contribution in [0.15, 0.2) is 67.0 Å². The SMILES string of the molecule is O=C(Nc1nc2ccc(-c3ccncc3)cc2s1)c1ccc(OC2CCNCC2)cc1. The molecule has 1 saturated heterocycles. The van der Waals surface area contributed by atoms with Crippen molar-refractivity contribution in [3.05, 3.63) is 72.6 Å². The van der Waals surface area contributed by atoms with E-state index in [-0.39, 0.29) is 12.0 Å². The first-order chi connectivity index (χ1) is 15.2. The Morgan fingerprint density at radius 3 is 2.55 bits per heavy atom. The standard InChI is InChI=1S/C24H22N4O2S/c29-23(17-1-4-19(5-2-17)30-20-9-13-26-14-10-20)28-24-27-21-6-3-18(15-22(21)31-24)16-7-11-25-12-8-16/h1-8,11-12,15,20,26H,9-10,13-14H2,(H,27,28,29). The van der Waals surface area contributed by atoms with E-state index in [2.05, 4.69) is 26.7 Å². The lowest BCUT2D eigenvalue weighted by Gasteiger charge is -2.23. The van der Waals surface area contributed by atoms with Crippen molar-refractivity contribution in [2.75, 3.05) is 18.4 Å². The number of rotatable bonds is 5. The highest BCUT2D eigenvalue weighted by molar-refractivity contribution is 7.22. The molecule has 0 atom stereocenters. The number of amides is 1. The minimum Gasteiger partial charge on any atom is -0.490 e. The van der Waals surface area contributed by atoms with E-state index in [1.807, 2.05) is 36.4 Å². The molecule has 4 aromatic rings. The van der Waals surface area contributed by atoms with Crippen LogP contribution in [0.25, 0.3) is 21.3 Å². The van der Waals surface area contributed by atoms with Crippen molar-refractivity contribution in [2.24, 2.45) is 0 Å². The van der Waals surface area contributed by atoms with Gasteiger partial charge in [0.25, 0.3) is 5.91 Å². The predicted molar refractivity (Wildman–Crippen MR) is 124 cm³/mol. The highest BCUT2D eigenvalue weighted by Gasteiger charge is 2.15. The molecule has 2 N–H and O–H groups in total. The molecule has 1 aliphatic rings. The number of benzene rings is 2. The average molecular weight is 431 g/mol. The third-order valence-corrected chi connectivity index (χ3v) is 6.26. The summed E-state index contributed by atoms with van der Waals surface area (Å²) in [4.78, 5) is 21.3. The Morgan fingerprint density at radius 2 is 1.77 bits per heavy atom. The summed E-state index contributed by atoms with van der Waals surface area (Å²) >= 11 is 1.47. The maximum atomic E-state index is 12.7. The van der Waals surface area contributed by atoms with Gasteiger partial charge >= 0.3 is 0 Å². The number of fused-ring (bicyclic) bond motifs is 1. The lowest BCUT2D eigenvalue weighted by Crippen LogP contribution is -2.34. The Balaban J connectivity index is 1.27. The number of pyridine rings is 1. The van der Waals surface area contributed by atoms with Crippen molar-refractivity contribution in [3.8, 4) is 16.9 Å². The normalized spacial score (nSPS) is 14.5. The van der Waals surface area contributed by atoms with E-state index in [1.54, 1.807) is 24.5 Å². The quantitative estimate of drug-likeness (QED) is 0.478. The third-order valence-electron chi connectivity index (χ3n) is 5.33. The van der Waals surface area contributed by atoms with Crippen LogP contribution in [0.1, 0.15) is 23.2 Å². The molecule has 0 radical (unpaired) electrons. The molecule has 7 heteroatoms. The second-order valence-corrected chi connectivity index (χ2v) is 8.51. The molecule has 0 unspecified atom stereocenters. The van der Waals surface area contributed by atoms with Gasteiger partial charge in [-0.05, 0) is 85.6 Å². The topological polar surface area (TPSA) is 76.1 Å². The molecule has 1 amide bonds.